The van der Waals surface area contributed by atoms with Gasteiger partial charge in [-0.15, -0.1) is 0 Å². The summed E-state index contributed by atoms with van der Waals surface area (Å²) in [5.74, 6) is -0.192. The fourth-order valence-corrected chi connectivity index (χ4v) is 1.74. The molecule has 0 saturated carbocycles. The van der Waals surface area contributed by atoms with Crippen molar-refractivity contribution >= 4 is 29.3 Å². The number of carbonyl (C=O) groups excluding carboxylic acids is 1. The summed E-state index contributed by atoms with van der Waals surface area (Å²) in [6.45, 7) is 1.87. The van der Waals surface area contributed by atoms with E-state index in [1.807, 2.05) is 25.1 Å². The topological polar surface area (TPSA) is 42.0 Å². The Balaban J connectivity index is 2.06. The lowest BCUT2D eigenvalue weighted by molar-refractivity contribution is -0.111. The molecule has 2 aromatic rings. The van der Waals surface area contributed by atoms with E-state index >= 15 is 0 Å². The molecule has 0 atom stereocenters. The van der Waals surface area contributed by atoms with Gasteiger partial charge in [-0.05, 0) is 48.4 Å². The van der Waals surface area contributed by atoms with Crippen LogP contribution in [0.15, 0.2) is 48.8 Å². The largest absolute Gasteiger partial charge is 0.322 e. The number of aromatic nitrogens is 1. The Hall–Kier alpha value is -2.13. The van der Waals surface area contributed by atoms with Crippen LogP contribution < -0.4 is 5.32 Å². The van der Waals surface area contributed by atoms with Crippen LogP contribution in [0, 0.1) is 6.92 Å². The molecule has 1 amide bonds. The van der Waals surface area contributed by atoms with Gasteiger partial charge in [-0.2, -0.15) is 0 Å². The standard InChI is InChI=1S/C15H13ClN2O/c1-11-13(16)3-2-4-14(11)18-15(19)6-5-12-7-9-17-10-8-12/h2-10H,1H3,(H,18,19)/b6-5+. The number of pyridine rings is 1. The molecule has 1 N–H and O–H groups in total. The first-order valence-corrected chi connectivity index (χ1v) is 6.19. The molecule has 0 aliphatic carbocycles. The second kappa shape index (κ2) is 6.16. The number of halogens is 1. The number of nitrogens with zero attached hydrogens (tertiary/aromatic N) is 1. The number of rotatable bonds is 3. The van der Waals surface area contributed by atoms with E-state index < -0.39 is 0 Å². The normalized spacial score (nSPS) is 10.6. The number of amides is 1. The Morgan fingerprint density at radius 1 is 1.26 bits per heavy atom. The summed E-state index contributed by atoms with van der Waals surface area (Å²) in [6, 6.07) is 9.07. The van der Waals surface area contributed by atoms with Crippen molar-refractivity contribution in [3.63, 3.8) is 0 Å². The number of nitrogens with one attached hydrogen (secondary N) is 1. The smallest absolute Gasteiger partial charge is 0.248 e. The second-order valence-electron chi connectivity index (χ2n) is 4.02. The van der Waals surface area contributed by atoms with Gasteiger partial charge in [0.15, 0.2) is 0 Å². The predicted molar refractivity (Wildman–Crippen MR) is 78.1 cm³/mol. The zero-order chi connectivity index (χ0) is 13.7. The molecule has 0 fully saturated rings. The van der Waals surface area contributed by atoms with E-state index in [4.69, 9.17) is 11.6 Å². The molecule has 1 aromatic heterocycles. The average molecular weight is 273 g/mol. The summed E-state index contributed by atoms with van der Waals surface area (Å²) in [7, 11) is 0. The Labute approximate surface area is 116 Å². The van der Waals surface area contributed by atoms with E-state index in [0.717, 1.165) is 16.8 Å². The van der Waals surface area contributed by atoms with Gasteiger partial charge in [0.1, 0.15) is 0 Å². The van der Waals surface area contributed by atoms with Crippen molar-refractivity contribution in [2.24, 2.45) is 0 Å². The first-order valence-electron chi connectivity index (χ1n) is 5.81. The molecule has 1 heterocycles. The number of carbonyl (C=O) groups is 1. The van der Waals surface area contributed by atoms with Crippen LogP contribution in [0.4, 0.5) is 5.69 Å². The maximum absolute atomic E-state index is 11.8. The van der Waals surface area contributed by atoms with Crippen molar-refractivity contribution in [2.45, 2.75) is 6.92 Å². The fourth-order valence-electron chi connectivity index (χ4n) is 1.56. The fraction of sp³-hybridized carbons (Fsp3) is 0.0667. The number of hydrogen-bond donors (Lipinski definition) is 1. The Morgan fingerprint density at radius 3 is 2.74 bits per heavy atom. The Bertz CT molecular complexity index is 609. The van der Waals surface area contributed by atoms with Crippen LogP contribution in [0.2, 0.25) is 5.02 Å². The predicted octanol–water partition coefficient (Wildman–Crippen LogP) is 3.70. The number of benzene rings is 1. The number of anilines is 1. The molecule has 19 heavy (non-hydrogen) atoms. The maximum Gasteiger partial charge on any atom is 0.248 e. The van der Waals surface area contributed by atoms with Crippen LogP contribution in [0.5, 0.6) is 0 Å². The van der Waals surface area contributed by atoms with Gasteiger partial charge in [0.2, 0.25) is 5.91 Å². The Kier molecular flexibility index (Phi) is 4.31. The third-order valence-corrected chi connectivity index (χ3v) is 3.07. The molecule has 96 valence electrons. The van der Waals surface area contributed by atoms with Crippen LogP contribution in [0.1, 0.15) is 11.1 Å². The molecule has 4 heteroatoms. The molecule has 0 saturated heterocycles. The summed E-state index contributed by atoms with van der Waals surface area (Å²) in [5, 5.41) is 3.43. The molecule has 2 rings (SSSR count). The third-order valence-electron chi connectivity index (χ3n) is 2.66. The van der Waals surface area contributed by atoms with Gasteiger partial charge in [0, 0.05) is 29.2 Å². The lowest BCUT2D eigenvalue weighted by Gasteiger charge is -2.07. The molecule has 3 nitrogen and oxygen atoms in total. The minimum atomic E-state index is -0.192. The molecule has 0 aliphatic heterocycles. The monoisotopic (exact) mass is 272 g/mol. The quantitative estimate of drug-likeness (QED) is 0.866. The SMILES string of the molecule is Cc1c(Cl)cccc1NC(=O)/C=C/c1ccncc1. The van der Waals surface area contributed by atoms with E-state index in [0.29, 0.717) is 5.02 Å². The molecular formula is C15H13ClN2O. The van der Waals surface area contributed by atoms with E-state index in [1.165, 1.54) is 6.08 Å². The van der Waals surface area contributed by atoms with Crippen molar-refractivity contribution in [3.05, 3.63) is 65.0 Å². The zero-order valence-electron chi connectivity index (χ0n) is 10.4. The molecule has 0 unspecified atom stereocenters. The molecule has 0 aliphatic rings. The van der Waals surface area contributed by atoms with E-state index in [9.17, 15) is 4.79 Å². The van der Waals surface area contributed by atoms with Gasteiger partial charge in [0.25, 0.3) is 0 Å². The van der Waals surface area contributed by atoms with Crippen LogP contribution in [-0.4, -0.2) is 10.9 Å². The van der Waals surface area contributed by atoms with Crippen molar-refractivity contribution in [1.82, 2.24) is 4.98 Å². The highest BCUT2D eigenvalue weighted by molar-refractivity contribution is 6.31. The first-order chi connectivity index (χ1) is 9.16. The second-order valence-corrected chi connectivity index (χ2v) is 4.42. The highest BCUT2D eigenvalue weighted by Gasteiger charge is 2.03. The lowest BCUT2D eigenvalue weighted by Crippen LogP contribution is -2.08. The van der Waals surface area contributed by atoms with Gasteiger partial charge >= 0.3 is 0 Å². The molecule has 0 radical (unpaired) electrons. The van der Waals surface area contributed by atoms with Crippen molar-refractivity contribution in [3.8, 4) is 0 Å². The van der Waals surface area contributed by atoms with Crippen LogP contribution in [0.3, 0.4) is 0 Å². The number of hydrogen-bond acceptors (Lipinski definition) is 2. The summed E-state index contributed by atoms with van der Waals surface area (Å²) in [4.78, 5) is 15.7. The van der Waals surface area contributed by atoms with Gasteiger partial charge in [-0.25, -0.2) is 0 Å². The molecule has 0 bridgehead atoms. The summed E-state index contributed by atoms with van der Waals surface area (Å²) in [5.41, 5.74) is 2.50. The van der Waals surface area contributed by atoms with Crippen molar-refractivity contribution in [2.75, 3.05) is 5.32 Å². The maximum atomic E-state index is 11.8. The van der Waals surface area contributed by atoms with Crippen LogP contribution in [0.25, 0.3) is 6.08 Å². The van der Waals surface area contributed by atoms with Gasteiger partial charge < -0.3 is 5.32 Å². The van der Waals surface area contributed by atoms with Gasteiger partial charge in [0.05, 0.1) is 0 Å². The summed E-state index contributed by atoms with van der Waals surface area (Å²) >= 11 is 5.99. The van der Waals surface area contributed by atoms with Gasteiger partial charge in [-0.3, -0.25) is 9.78 Å². The average Bonchev–Trinajstić information content (AvgIpc) is 2.43. The third kappa shape index (κ3) is 3.66. The highest BCUT2D eigenvalue weighted by atomic mass is 35.5. The summed E-state index contributed by atoms with van der Waals surface area (Å²) < 4.78 is 0. The zero-order valence-corrected chi connectivity index (χ0v) is 11.2. The molecule has 0 spiro atoms. The first kappa shape index (κ1) is 13.3. The lowest BCUT2D eigenvalue weighted by atomic mass is 10.2. The van der Waals surface area contributed by atoms with E-state index in [2.05, 4.69) is 10.3 Å². The van der Waals surface area contributed by atoms with Gasteiger partial charge in [-0.1, -0.05) is 17.7 Å². The summed E-state index contributed by atoms with van der Waals surface area (Å²) in [6.07, 6.45) is 6.57. The minimum absolute atomic E-state index is 0.192. The van der Waals surface area contributed by atoms with Crippen LogP contribution in [-0.2, 0) is 4.79 Å². The minimum Gasteiger partial charge on any atom is -0.322 e. The van der Waals surface area contributed by atoms with Crippen molar-refractivity contribution < 1.29 is 4.79 Å². The molecular weight excluding hydrogens is 260 g/mol. The van der Waals surface area contributed by atoms with Crippen molar-refractivity contribution in [1.29, 1.82) is 0 Å². The van der Waals surface area contributed by atoms with E-state index in [1.54, 1.807) is 30.6 Å². The highest BCUT2D eigenvalue weighted by Crippen LogP contribution is 2.22. The Morgan fingerprint density at radius 2 is 2.00 bits per heavy atom. The van der Waals surface area contributed by atoms with E-state index in [-0.39, 0.29) is 5.91 Å². The molecule has 1 aromatic carbocycles. The van der Waals surface area contributed by atoms with Crippen LogP contribution >= 0.6 is 11.6 Å².